The average molecular weight is 208 g/mol. The highest BCUT2D eigenvalue weighted by Crippen LogP contribution is 2.12. The predicted octanol–water partition coefficient (Wildman–Crippen LogP) is 0.180. The molecule has 1 aromatic carbocycles. The molecule has 4 nitrogen and oxygen atoms in total. The fourth-order valence-corrected chi connectivity index (χ4v) is 1.09. The van der Waals surface area contributed by atoms with E-state index in [4.69, 9.17) is 0 Å². The summed E-state index contributed by atoms with van der Waals surface area (Å²) in [6, 6.07) is 8.01. The zero-order chi connectivity index (χ0) is 11.5. The van der Waals surface area contributed by atoms with Crippen molar-refractivity contribution in [2.45, 2.75) is 18.6 Å². The first-order valence-electron chi connectivity index (χ1n) is 4.45. The second-order valence-corrected chi connectivity index (χ2v) is 3.48. The van der Waals surface area contributed by atoms with Crippen molar-refractivity contribution < 1.29 is 19.8 Å². The van der Waals surface area contributed by atoms with Gasteiger partial charge in [-0.2, -0.15) is 0 Å². The first-order valence-corrected chi connectivity index (χ1v) is 4.45. The van der Waals surface area contributed by atoms with Crippen molar-refractivity contribution in [2.75, 3.05) is 0 Å². The lowest BCUT2D eigenvalue weighted by atomic mass is 9.94. The molecule has 1 aromatic rings. The maximum absolute atomic E-state index is 11.6. The first-order chi connectivity index (χ1) is 6.99. The van der Waals surface area contributed by atoms with Crippen LogP contribution in [0.2, 0.25) is 0 Å². The van der Waals surface area contributed by atoms with Crippen LogP contribution >= 0.6 is 0 Å². The van der Waals surface area contributed by atoms with Gasteiger partial charge in [0.1, 0.15) is 5.60 Å². The maximum atomic E-state index is 11.6. The molecule has 0 heterocycles. The summed E-state index contributed by atoms with van der Waals surface area (Å²) in [5.74, 6) is -0.673. The molecule has 2 unspecified atom stereocenters. The topological polar surface area (TPSA) is 74.6 Å². The summed E-state index contributed by atoms with van der Waals surface area (Å²) >= 11 is 0. The van der Waals surface area contributed by atoms with E-state index in [0.29, 0.717) is 0 Å². The van der Waals surface area contributed by atoms with Crippen LogP contribution in [0.5, 0.6) is 0 Å². The van der Waals surface area contributed by atoms with Gasteiger partial charge >= 0.3 is 0 Å². The van der Waals surface area contributed by atoms with Gasteiger partial charge in [-0.25, -0.2) is 0 Å². The molecule has 0 saturated carbocycles. The number of ketones is 1. The van der Waals surface area contributed by atoms with E-state index in [-0.39, 0.29) is 11.8 Å². The number of Topliss-reactive ketones (excluding diaryl/α,β-unsaturated/α-hetero) is 1. The van der Waals surface area contributed by atoms with E-state index in [1.807, 2.05) is 0 Å². The summed E-state index contributed by atoms with van der Waals surface area (Å²) in [6.07, 6.45) is -1.59. The summed E-state index contributed by atoms with van der Waals surface area (Å²) < 4.78 is 0. The van der Waals surface area contributed by atoms with E-state index in [1.165, 1.54) is 12.1 Å². The SMILES string of the molecule is CC(O)(C=O)C(O)C(=O)c1ccccc1. The summed E-state index contributed by atoms with van der Waals surface area (Å²) in [7, 11) is 0. The van der Waals surface area contributed by atoms with E-state index in [2.05, 4.69) is 0 Å². The minimum Gasteiger partial charge on any atom is -0.381 e. The Labute approximate surface area is 87.2 Å². The molecule has 4 heteroatoms. The van der Waals surface area contributed by atoms with E-state index < -0.39 is 17.5 Å². The first kappa shape index (κ1) is 11.6. The number of aldehydes is 1. The van der Waals surface area contributed by atoms with Crippen LogP contribution < -0.4 is 0 Å². The third-order valence-corrected chi connectivity index (χ3v) is 2.10. The number of hydrogen-bond donors (Lipinski definition) is 2. The third-order valence-electron chi connectivity index (χ3n) is 2.10. The van der Waals surface area contributed by atoms with Crippen LogP contribution in [0.15, 0.2) is 30.3 Å². The number of hydrogen-bond acceptors (Lipinski definition) is 4. The van der Waals surface area contributed by atoms with E-state index in [1.54, 1.807) is 18.2 Å². The molecular weight excluding hydrogens is 196 g/mol. The highest BCUT2D eigenvalue weighted by Gasteiger charge is 2.35. The molecule has 0 fully saturated rings. The van der Waals surface area contributed by atoms with Crippen molar-refractivity contribution >= 4 is 12.1 Å². The monoisotopic (exact) mass is 208 g/mol. The smallest absolute Gasteiger partial charge is 0.194 e. The number of carbonyl (C=O) groups excluding carboxylic acids is 2. The maximum Gasteiger partial charge on any atom is 0.194 e. The molecule has 0 aliphatic heterocycles. The van der Waals surface area contributed by atoms with E-state index in [9.17, 15) is 19.8 Å². The van der Waals surface area contributed by atoms with E-state index in [0.717, 1.165) is 6.92 Å². The van der Waals surface area contributed by atoms with Crippen molar-refractivity contribution in [2.24, 2.45) is 0 Å². The summed E-state index contributed by atoms with van der Waals surface area (Å²) in [6.45, 7) is 1.09. The highest BCUT2D eigenvalue weighted by atomic mass is 16.4. The largest absolute Gasteiger partial charge is 0.381 e. The second-order valence-electron chi connectivity index (χ2n) is 3.48. The number of carbonyl (C=O) groups is 2. The van der Waals surface area contributed by atoms with Crippen molar-refractivity contribution in [3.05, 3.63) is 35.9 Å². The van der Waals surface area contributed by atoms with Gasteiger partial charge in [-0.15, -0.1) is 0 Å². The molecule has 0 spiro atoms. The van der Waals surface area contributed by atoms with Gasteiger partial charge in [0.05, 0.1) is 0 Å². The molecule has 0 saturated heterocycles. The molecular formula is C11H12O4. The molecule has 2 atom stereocenters. The minimum atomic E-state index is -2.05. The molecule has 0 aliphatic rings. The van der Waals surface area contributed by atoms with Gasteiger partial charge in [0, 0.05) is 5.56 Å². The van der Waals surface area contributed by atoms with Crippen LogP contribution in [0.4, 0.5) is 0 Å². The van der Waals surface area contributed by atoms with Crippen LogP contribution in [0.25, 0.3) is 0 Å². The third kappa shape index (κ3) is 2.49. The number of aliphatic hydroxyl groups excluding tert-OH is 1. The fraction of sp³-hybridized carbons (Fsp3) is 0.273. The molecule has 0 amide bonds. The van der Waals surface area contributed by atoms with Crippen molar-refractivity contribution in [1.82, 2.24) is 0 Å². The van der Waals surface area contributed by atoms with Crippen molar-refractivity contribution in [3.8, 4) is 0 Å². The van der Waals surface area contributed by atoms with Gasteiger partial charge in [-0.1, -0.05) is 30.3 Å². The lowest BCUT2D eigenvalue weighted by Crippen LogP contribution is -2.45. The molecule has 0 aromatic heterocycles. The Kier molecular flexibility index (Phi) is 3.34. The Hall–Kier alpha value is -1.52. The number of rotatable bonds is 4. The van der Waals surface area contributed by atoms with Crippen LogP contribution in [0, 0.1) is 0 Å². The Morgan fingerprint density at radius 3 is 2.40 bits per heavy atom. The Morgan fingerprint density at radius 1 is 1.40 bits per heavy atom. The van der Waals surface area contributed by atoms with Gasteiger partial charge in [0.25, 0.3) is 0 Å². The summed E-state index contributed by atoms with van der Waals surface area (Å²) in [4.78, 5) is 22.0. The van der Waals surface area contributed by atoms with Gasteiger partial charge in [-0.05, 0) is 6.92 Å². The standard InChI is InChI=1S/C11H12O4/c1-11(15,7-12)10(14)9(13)8-5-3-2-4-6-8/h2-7,10,14-15H,1H3. The molecule has 0 aliphatic carbocycles. The molecule has 15 heavy (non-hydrogen) atoms. The van der Waals surface area contributed by atoms with Crippen LogP contribution in [-0.4, -0.2) is 34.0 Å². The van der Waals surface area contributed by atoms with Crippen LogP contribution in [0.1, 0.15) is 17.3 Å². The zero-order valence-electron chi connectivity index (χ0n) is 8.25. The van der Waals surface area contributed by atoms with Crippen LogP contribution in [-0.2, 0) is 4.79 Å². The molecule has 0 bridgehead atoms. The lowest BCUT2D eigenvalue weighted by molar-refractivity contribution is -0.130. The van der Waals surface area contributed by atoms with Gasteiger partial charge in [0.15, 0.2) is 18.2 Å². The lowest BCUT2D eigenvalue weighted by Gasteiger charge is -2.21. The molecule has 80 valence electrons. The molecule has 1 rings (SSSR count). The minimum absolute atomic E-state index is 0.151. The van der Waals surface area contributed by atoms with Crippen molar-refractivity contribution in [3.63, 3.8) is 0 Å². The number of benzene rings is 1. The molecule has 0 radical (unpaired) electrons. The van der Waals surface area contributed by atoms with Gasteiger partial charge in [0.2, 0.25) is 0 Å². The quantitative estimate of drug-likeness (QED) is 0.546. The summed E-state index contributed by atoms with van der Waals surface area (Å²) in [5, 5.41) is 18.9. The van der Waals surface area contributed by atoms with Crippen LogP contribution in [0.3, 0.4) is 0 Å². The Balaban J connectivity index is 2.92. The van der Waals surface area contributed by atoms with Gasteiger partial charge in [-0.3, -0.25) is 4.79 Å². The fourth-order valence-electron chi connectivity index (χ4n) is 1.09. The van der Waals surface area contributed by atoms with E-state index >= 15 is 0 Å². The predicted molar refractivity (Wildman–Crippen MR) is 53.5 cm³/mol. The second kappa shape index (κ2) is 4.33. The Bertz CT molecular complexity index is 356. The average Bonchev–Trinajstić information content (AvgIpc) is 2.28. The highest BCUT2D eigenvalue weighted by molar-refractivity contribution is 6.01. The Morgan fingerprint density at radius 2 is 1.93 bits per heavy atom. The normalized spacial score (nSPS) is 16.5. The summed E-state index contributed by atoms with van der Waals surface area (Å²) in [5.41, 5.74) is -1.79. The molecule has 2 N–H and O–H groups in total. The van der Waals surface area contributed by atoms with Gasteiger partial charge < -0.3 is 15.0 Å². The van der Waals surface area contributed by atoms with Crippen molar-refractivity contribution in [1.29, 1.82) is 0 Å². The number of aliphatic hydroxyl groups is 2. The zero-order valence-corrected chi connectivity index (χ0v) is 8.25.